The van der Waals surface area contributed by atoms with Crippen molar-refractivity contribution in [2.45, 2.75) is 18.0 Å². The SMILES string of the molecule is Cc1ccc(S(=O)(=O)Nc2cc(C(F)(F)F)nc3c(F)cccc23)cc1. The van der Waals surface area contributed by atoms with Crippen LogP contribution in [-0.2, 0) is 16.2 Å². The van der Waals surface area contributed by atoms with Crippen LogP contribution < -0.4 is 4.72 Å². The van der Waals surface area contributed by atoms with Crippen molar-refractivity contribution in [2.24, 2.45) is 0 Å². The lowest BCUT2D eigenvalue weighted by molar-refractivity contribution is -0.140. The van der Waals surface area contributed by atoms with Crippen molar-refractivity contribution >= 4 is 26.6 Å². The van der Waals surface area contributed by atoms with Crippen LogP contribution in [0.25, 0.3) is 10.9 Å². The van der Waals surface area contributed by atoms with E-state index in [1.165, 1.54) is 24.3 Å². The maximum atomic E-state index is 13.9. The highest BCUT2D eigenvalue weighted by atomic mass is 32.2. The molecule has 0 radical (unpaired) electrons. The number of benzene rings is 2. The van der Waals surface area contributed by atoms with Gasteiger partial charge in [0, 0.05) is 5.39 Å². The summed E-state index contributed by atoms with van der Waals surface area (Å²) in [4.78, 5) is 3.16. The van der Waals surface area contributed by atoms with Crippen LogP contribution in [0.15, 0.2) is 53.4 Å². The van der Waals surface area contributed by atoms with Gasteiger partial charge in [-0.2, -0.15) is 13.2 Å². The van der Waals surface area contributed by atoms with E-state index in [2.05, 4.69) is 9.71 Å². The van der Waals surface area contributed by atoms with Crippen LogP contribution in [0.3, 0.4) is 0 Å². The van der Waals surface area contributed by atoms with Gasteiger partial charge in [0.05, 0.1) is 10.6 Å². The quantitative estimate of drug-likeness (QED) is 0.677. The predicted octanol–water partition coefficient (Wildman–Crippen LogP) is 4.50. The van der Waals surface area contributed by atoms with Gasteiger partial charge in [0.15, 0.2) is 0 Å². The number of rotatable bonds is 3. The first-order valence-electron chi connectivity index (χ1n) is 7.34. The molecule has 3 aromatic rings. The van der Waals surface area contributed by atoms with Crippen molar-refractivity contribution in [1.82, 2.24) is 4.98 Å². The molecule has 0 unspecified atom stereocenters. The van der Waals surface area contributed by atoms with Crippen molar-refractivity contribution in [1.29, 1.82) is 0 Å². The Morgan fingerprint density at radius 3 is 2.31 bits per heavy atom. The number of anilines is 1. The number of hydrogen-bond acceptors (Lipinski definition) is 3. The van der Waals surface area contributed by atoms with Gasteiger partial charge >= 0.3 is 6.18 Å². The second-order valence-electron chi connectivity index (χ2n) is 5.61. The molecule has 0 atom stereocenters. The summed E-state index contributed by atoms with van der Waals surface area (Å²) in [6, 6.07) is 9.81. The Hall–Kier alpha value is -2.68. The highest BCUT2D eigenvalue weighted by Gasteiger charge is 2.34. The third-order valence-corrected chi connectivity index (χ3v) is 5.04. The smallest absolute Gasteiger partial charge is 0.279 e. The third-order valence-electron chi connectivity index (χ3n) is 3.66. The van der Waals surface area contributed by atoms with Crippen molar-refractivity contribution in [3.63, 3.8) is 0 Å². The van der Waals surface area contributed by atoms with E-state index in [1.807, 2.05) is 0 Å². The van der Waals surface area contributed by atoms with Gasteiger partial charge in [0.25, 0.3) is 10.0 Å². The average Bonchev–Trinajstić information content (AvgIpc) is 2.55. The lowest BCUT2D eigenvalue weighted by Gasteiger charge is -2.14. The number of para-hydroxylation sites is 1. The number of halogens is 4. The molecule has 26 heavy (non-hydrogen) atoms. The summed E-state index contributed by atoms with van der Waals surface area (Å²) in [5.41, 5.74) is -1.54. The molecule has 0 spiro atoms. The Morgan fingerprint density at radius 1 is 1.04 bits per heavy atom. The maximum absolute atomic E-state index is 13.9. The van der Waals surface area contributed by atoms with Crippen LogP contribution in [0, 0.1) is 12.7 Å². The first-order valence-corrected chi connectivity index (χ1v) is 8.82. The molecule has 0 bridgehead atoms. The van der Waals surface area contributed by atoms with Crippen molar-refractivity contribution in [2.75, 3.05) is 4.72 Å². The number of hydrogen-bond donors (Lipinski definition) is 1. The lowest BCUT2D eigenvalue weighted by atomic mass is 10.1. The molecule has 0 fully saturated rings. The molecule has 0 aliphatic rings. The topological polar surface area (TPSA) is 59.1 Å². The Labute approximate surface area is 146 Å². The summed E-state index contributed by atoms with van der Waals surface area (Å²) in [5.74, 6) is -0.982. The van der Waals surface area contributed by atoms with Crippen LogP contribution in [-0.4, -0.2) is 13.4 Å². The molecule has 0 saturated carbocycles. The minimum atomic E-state index is -4.86. The zero-order valence-electron chi connectivity index (χ0n) is 13.3. The fourth-order valence-electron chi connectivity index (χ4n) is 2.36. The van der Waals surface area contributed by atoms with Gasteiger partial charge in [0.1, 0.15) is 17.0 Å². The van der Waals surface area contributed by atoms with E-state index in [0.29, 0.717) is 6.07 Å². The van der Waals surface area contributed by atoms with E-state index in [1.54, 1.807) is 19.1 Å². The molecule has 4 nitrogen and oxygen atoms in total. The van der Waals surface area contributed by atoms with Gasteiger partial charge < -0.3 is 0 Å². The molecular formula is C17H12F4N2O2S. The van der Waals surface area contributed by atoms with Crippen molar-refractivity contribution in [3.05, 3.63) is 65.6 Å². The summed E-state index contributed by atoms with van der Waals surface area (Å²) < 4.78 is 80.2. The molecule has 1 N–H and O–H groups in total. The monoisotopic (exact) mass is 384 g/mol. The zero-order valence-corrected chi connectivity index (χ0v) is 14.1. The Balaban J connectivity index is 2.17. The van der Waals surface area contributed by atoms with E-state index in [0.717, 1.165) is 11.6 Å². The minimum absolute atomic E-state index is 0.0753. The second-order valence-corrected chi connectivity index (χ2v) is 7.29. The van der Waals surface area contributed by atoms with E-state index in [9.17, 15) is 26.0 Å². The van der Waals surface area contributed by atoms with Gasteiger partial charge in [0.2, 0.25) is 0 Å². The number of fused-ring (bicyclic) bond motifs is 1. The number of alkyl halides is 3. The largest absolute Gasteiger partial charge is 0.433 e. The maximum Gasteiger partial charge on any atom is 0.433 e. The number of aryl methyl sites for hydroxylation is 1. The zero-order chi connectivity index (χ0) is 19.1. The number of aromatic nitrogens is 1. The number of sulfonamides is 1. The van der Waals surface area contributed by atoms with Crippen LogP contribution in [0.4, 0.5) is 23.2 Å². The number of nitrogens with zero attached hydrogens (tertiary/aromatic N) is 1. The van der Waals surface area contributed by atoms with Gasteiger partial charge in [-0.3, -0.25) is 4.72 Å². The highest BCUT2D eigenvalue weighted by Crippen LogP contribution is 2.34. The molecule has 9 heteroatoms. The fourth-order valence-corrected chi connectivity index (χ4v) is 3.43. The first-order chi connectivity index (χ1) is 12.1. The van der Waals surface area contributed by atoms with Gasteiger partial charge in [-0.1, -0.05) is 29.8 Å². The van der Waals surface area contributed by atoms with E-state index in [4.69, 9.17) is 0 Å². The molecule has 2 aromatic carbocycles. The third kappa shape index (κ3) is 3.48. The van der Waals surface area contributed by atoms with Crippen LogP contribution in [0.1, 0.15) is 11.3 Å². The Kier molecular flexibility index (Phi) is 4.35. The van der Waals surface area contributed by atoms with Crippen LogP contribution in [0.5, 0.6) is 0 Å². The van der Waals surface area contributed by atoms with Crippen LogP contribution in [0.2, 0.25) is 0 Å². The molecular weight excluding hydrogens is 372 g/mol. The van der Waals surface area contributed by atoms with Crippen molar-refractivity contribution < 1.29 is 26.0 Å². The molecule has 1 heterocycles. The highest BCUT2D eigenvalue weighted by molar-refractivity contribution is 7.92. The molecule has 0 amide bonds. The summed E-state index contributed by atoms with van der Waals surface area (Å²) in [7, 11) is -4.16. The summed E-state index contributed by atoms with van der Waals surface area (Å²) in [6.07, 6.45) is -4.86. The summed E-state index contributed by atoms with van der Waals surface area (Å²) in [6.45, 7) is 1.76. The number of nitrogens with one attached hydrogen (secondary N) is 1. The minimum Gasteiger partial charge on any atom is -0.279 e. The Morgan fingerprint density at radius 2 is 1.69 bits per heavy atom. The van der Waals surface area contributed by atoms with E-state index in [-0.39, 0.29) is 10.3 Å². The summed E-state index contributed by atoms with van der Waals surface area (Å²) >= 11 is 0. The van der Waals surface area contributed by atoms with E-state index < -0.39 is 38.9 Å². The average molecular weight is 384 g/mol. The van der Waals surface area contributed by atoms with E-state index >= 15 is 0 Å². The second kappa shape index (κ2) is 6.24. The molecule has 136 valence electrons. The first kappa shape index (κ1) is 18.1. The standard InChI is InChI=1S/C17H12F4N2O2S/c1-10-5-7-11(8-6-10)26(24,25)23-14-9-15(17(19,20)21)22-16-12(14)3-2-4-13(16)18/h2-9H,1H3,(H,22,23). The number of pyridine rings is 1. The molecule has 0 saturated heterocycles. The molecule has 0 aliphatic heterocycles. The summed E-state index contributed by atoms with van der Waals surface area (Å²) in [5, 5.41) is -0.0753. The molecule has 1 aromatic heterocycles. The van der Waals surface area contributed by atoms with Crippen molar-refractivity contribution in [3.8, 4) is 0 Å². The molecule has 3 rings (SSSR count). The normalized spacial score (nSPS) is 12.3. The van der Waals surface area contributed by atoms with Gasteiger partial charge in [-0.05, 0) is 31.2 Å². The molecule has 0 aliphatic carbocycles. The Bertz CT molecular complexity index is 1080. The lowest BCUT2D eigenvalue weighted by Crippen LogP contribution is -2.15. The van der Waals surface area contributed by atoms with Gasteiger partial charge in [-0.25, -0.2) is 17.8 Å². The van der Waals surface area contributed by atoms with Gasteiger partial charge in [-0.15, -0.1) is 0 Å². The predicted molar refractivity (Wildman–Crippen MR) is 88.7 cm³/mol. The fraction of sp³-hybridized carbons (Fsp3) is 0.118. The van der Waals surface area contributed by atoms with Crippen LogP contribution >= 0.6 is 0 Å².